The second-order valence-corrected chi connectivity index (χ2v) is 11.9. The normalized spacial score (nSPS) is 12.2. The van der Waals surface area contributed by atoms with Gasteiger partial charge in [-0.2, -0.15) is 0 Å². The number of primary sulfonamides is 1. The fraction of sp³-hybridized carbons (Fsp3) is 0.160. The second-order valence-electron chi connectivity index (χ2n) is 8.58. The lowest BCUT2D eigenvalue weighted by Gasteiger charge is -2.28. The molecule has 0 radical (unpaired) electrons. The fourth-order valence-electron chi connectivity index (χ4n) is 3.71. The van der Waals surface area contributed by atoms with Crippen molar-refractivity contribution in [3.05, 3.63) is 105 Å². The van der Waals surface area contributed by atoms with E-state index in [1.807, 2.05) is 24.5 Å². The molecular weight excluding hydrogens is 547 g/mol. The van der Waals surface area contributed by atoms with Gasteiger partial charge in [-0.15, -0.1) is 0 Å². The molecule has 4 rings (SSSR count). The van der Waals surface area contributed by atoms with Crippen LogP contribution in [0, 0.1) is 11.6 Å². The summed E-state index contributed by atoms with van der Waals surface area (Å²) in [5.74, 6) is -0.901. The zero-order chi connectivity index (χ0) is 26.3. The van der Waals surface area contributed by atoms with Crippen LogP contribution in [0.2, 0.25) is 10.0 Å². The summed E-state index contributed by atoms with van der Waals surface area (Å²) in [6, 6.07) is 14.9. The fourth-order valence-corrected chi connectivity index (χ4v) is 5.52. The zero-order valence-corrected chi connectivity index (χ0v) is 22.3. The summed E-state index contributed by atoms with van der Waals surface area (Å²) >= 11 is 13.6. The van der Waals surface area contributed by atoms with E-state index in [4.69, 9.17) is 28.3 Å². The molecule has 0 fully saturated rings. The third-order valence-electron chi connectivity index (χ3n) is 5.81. The van der Waals surface area contributed by atoms with E-state index in [1.165, 1.54) is 36.0 Å². The molecule has 0 saturated carbocycles. The van der Waals surface area contributed by atoms with Gasteiger partial charge in [0.05, 0.1) is 26.8 Å². The molecule has 0 atom stereocenters. The quantitative estimate of drug-likeness (QED) is 0.251. The second kappa shape index (κ2) is 10.1. The molecule has 0 unspecified atom stereocenters. The lowest BCUT2D eigenvalue weighted by Crippen LogP contribution is -2.23. The number of hydrogen-bond acceptors (Lipinski definition) is 4. The molecule has 0 aliphatic rings. The van der Waals surface area contributed by atoms with Crippen LogP contribution >= 0.6 is 35.0 Å². The Bertz CT molecular complexity index is 1540. The first kappa shape index (κ1) is 26.6. The van der Waals surface area contributed by atoms with E-state index < -0.39 is 21.3 Å². The van der Waals surface area contributed by atoms with Crippen LogP contribution < -0.4 is 5.14 Å². The van der Waals surface area contributed by atoms with E-state index in [9.17, 15) is 17.2 Å². The van der Waals surface area contributed by atoms with Crippen molar-refractivity contribution in [2.45, 2.75) is 35.1 Å². The Morgan fingerprint density at radius 3 is 2.31 bits per heavy atom. The third-order valence-corrected chi connectivity index (χ3v) is 8.46. The Labute approximate surface area is 222 Å². The Morgan fingerprint density at radius 1 is 1.00 bits per heavy atom. The predicted octanol–water partition coefficient (Wildman–Crippen LogP) is 6.72. The van der Waals surface area contributed by atoms with Gasteiger partial charge < -0.3 is 0 Å². The average Bonchev–Trinajstić information content (AvgIpc) is 3.24. The molecule has 0 bridgehead atoms. The Hall–Kier alpha value is -2.43. The summed E-state index contributed by atoms with van der Waals surface area (Å²) in [5, 5.41) is 6.49. The number of thioether (sulfide) groups is 1. The third kappa shape index (κ3) is 5.45. The van der Waals surface area contributed by atoms with Gasteiger partial charge in [-0.05, 0) is 59.7 Å². The number of sulfonamides is 1. The molecule has 3 aromatic carbocycles. The number of hydrogen-bond donors (Lipinski definition) is 1. The van der Waals surface area contributed by atoms with Crippen molar-refractivity contribution in [2.24, 2.45) is 5.14 Å². The van der Waals surface area contributed by atoms with Crippen molar-refractivity contribution in [1.29, 1.82) is 0 Å². The highest BCUT2D eigenvalue weighted by atomic mass is 35.5. The molecule has 5 nitrogen and oxygen atoms in total. The minimum Gasteiger partial charge on any atom is -0.291 e. The van der Waals surface area contributed by atoms with Crippen molar-refractivity contribution >= 4 is 45.0 Å². The van der Waals surface area contributed by atoms with Crippen LogP contribution in [-0.2, 0) is 21.2 Å². The molecule has 0 aliphatic heterocycles. The van der Waals surface area contributed by atoms with Crippen LogP contribution in [0.1, 0.15) is 30.7 Å². The van der Waals surface area contributed by atoms with Gasteiger partial charge in [-0.1, -0.05) is 60.9 Å². The van der Waals surface area contributed by atoms with E-state index >= 15 is 0 Å². The van der Waals surface area contributed by atoms with E-state index in [0.29, 0.717) is 20.9 Å². The minimum absolute atomic E-state index is 0.168. The van der Waals surface area contributed by atoms with E-state index in [1.54, 1.807) is 30.5 Å². The van der Waals surface area contributed by atoms with Gasteiger partial charge in [0.1, 0.15) is 11.6 Å². The van der Waals surface area contributed by atoms with Crippen molar-refractivity contribution < 1.29 is 17.2 Å². The number of benzene rings is 3. The van der Waals surface area contributed by atoms with Crippen LogP contribution in [0.25, 0.3) is 5.69 Å². The Kier molecular flexibility index (Phi) is 7.50. The van der Waals surface area contributed by atoms with Gasteiger partial charge in [0.25, 0.3) is 0 Å². The van der Waals surface area contributed by atoms with Gasteiger partial charge in [0.2, 0.25) is 10.0 Å². The summed E-state index contributed by atoms with van der Waals surface area (Å²) in [5.41, 5.74) is 2.05. The number of rotatable bonds is 7. The SMILES string of the molecule is CC(C)(c1ccc(Cl)c(Cl)c1)c1cnc(SCc2ccc(S(N)(=O)=O)cc2F)n1-c1ccc(F)cc1. The lowest BCUT2D eigenvalue weighted by atomic mass is 9.81. The van der Waals surface area contributed by atoms with Crippen LogP contribution in [0.15, 0.2) is 76.9 Å². The van der Waals surface area contributed by atoms with Crippen LogP contribution in [0.4, 0.5) is 8.78 Å². The number of aromatic nitrogens is 2. The van der Waals surface area contributed by atoms with Gasteiger partial charge in [-0.25, -0.2) is 27.3 Å². The molecule has 36 heavy (non-hydrogen) atoms. The van der Waals surface area contributed by atoms with Gasteiger partial charge >= 0.3 is 0 Å². The molecule has 11 heteroatoms. The molecule has 0 amide bonds. The van der Waals surface area contributed by atoms with Crippen LogP contribution in [0.5, 0.6) is 0 Å². The summed E-state index contributed by atoms with van der Waals surface area (Å²) in [4.78, 5) is 4.28. The van der Waals surface area contributed by atoms with E-state index in [-0.39, 0.29) is 22.0 Å². The summed E-state index contributed by atoms with van der Waals surface area (Å²) < 4.78 is 53.2. The van der Waals surface area contributed by atoms with Gasteiger partial charge in [0.15, 0.2) is 5.16 Å². The van der Waals surface area contributed by atoms with Gasteiger partial charge in [0, 0.05) is 16.9 Å². The average molecular weight is 568 g/mol. The molecular formula is C25H21Cl2F2N3O2S2. The van der Waals surface area contributed by atoms with Crippen molar-refractivity contribution in [1.82, 2.24) is 9.55 Å². The van der Waals surface area contributed by atoms with Gasteiger partial charge in [-0.3, -0.25) is 4.57 Å². The molecule has 4 aromatic rings. The lowest BCUT2D eigenvalue weighted by molar-refractivity contribution is 0.589. The summed E-state index contributed by atoms with van der Waals surface area (Å²) in [6.07, 6.45) is 1.72. The number of halogens is 4. The summed E-state index contributed by atoms with van der Waals surface area (Å²) in [6.45, 7) is 4.01. The first-order chi connectivity index (χ1) is 16.9. The molecule has 0 saturated heterocycles. The largest absolute Gasteiger partial charge is 0.291 e. The van der Waals surface area contributed by atoms with Crippen LogP contribution in [-0.4, -0.2) is 18.0 Å². The first-order valence-electron chi connectivity index (χ1n) is 10.6. The summed E-state index contributed by atoms with van der Waals surface area (Å²) in [7, 11) is -4.01. The zero-order valence-electron chi connectivity index (χ0n) is 19.2. The number of nitrogens with two attached hydrogens (primary N) is 1. The number of nitrogens with zero attached hydrogens (tertiary/aromatic N) is 2. The number of imidazole rings is 1. The molecule has 1 heterocycles. The maximum Gasteiger partial charge on any atom is 0.238 e. The smallest absolute Gasteiger partial charge is 0.238 e. The van der Waals surface area contributed by atoms with E-state index in [0.717, 1.165) is 17.3 Å². The molecule has 1 aromatic heterocycles. The highest BCUT2D eigenvalue weighted by Crippen LogP contribution is 2.38. The van der Waals surface area contributed by atoms with Crippen molar-refractivity contribution in [2.75, 3.05) is 0 Å². The molecule has 2 N–H and O–H groups in total. The monoisotopic (exact) mass is 567 g/mol. The highest BCUT2D eigenvalue weighted by Gasteiger charge is 2.30. The minimum atomic E-state index is -4.01. The van der Waals surface area contributed by atoms with E-state index in [2.05, 4.69) is 4.98 Å². The Morgan fingerprint density at radius 2 is 1.69 bits per heavy atom. The maximum atomic E-state index is 14.6. The highest BCUT2D eigenvalue weighted by molar-refractivity contribution is 7.98. The molecule has 0 aliphatic carbocycles. The van der Waals surface area contributed by atoms with Crippen molar-refractivity contribution in [3.63, 3.8) is 0 Å². The predicted molar refractivity (Wildman–Crippen MR) is 139 cm³/mol. The maximum absolute atomic E-state index is 14.6. The van der Waals surface area contributed by atoms with Crippen LogP contribution in [0.3, 0.4) is 0 Å². The molecule has 188 valence electrons. The topological polar surface area (TPSA) is 78.0 Å². The standard InChI is InChI=1S/C25H21Cl2F2N3O2S2/c1-25(2,16-4-10-20(26)21(27)11-16)23-13-31-24(32(23)18-7-5-17(28)6-8-18)35-14-15-3-9-19(12-22(15)29)36(30,33)34/h3-13H,14H2,1-2H3,(H2,30,33,34). The first-order valence-corrected chi connectivity index (χ1v) is 13.9. The Balaban J connectivity index is 1.75. The van der Waals surface area contributed by atoms with Crippen molar-refractivity contribution in [3.8, 4) is 5.69 Å². The molecule has 0 spiro atoms.